The minimum absolute atomic E-state index is 0.00133. The van der Waals surface area contributed by atoms with Gasteiger partial charge in [-0.3, -0.25) is 14.6 Å². The Balaban J connectivity index is 0.924. The molecule has 3 atom stereocenters. The van der Waals surface area contributed by atoms with Crippen molar-refractivity contribution in [1.29, 1.82) is 0 Å². The van der Waals surface area contributed by atoms with Gasteiger partial charge in [0.15, 0.2) is 0 Å². The summed E-state index contributed by atoms with van der Waals surface area (Å²) >= 11 is 7.74. The van der Waals surface area contributed by atoms with Gasteiger partial charge in [-0.1, -0.05) is 54.4 Å². The van der Waals surface area contributed by atoms with Crippen molar-refractivity contribution in [2.45, 2.75) is 71.8 Å². The van der Waals surface area contributed by atoms with Gasteiger partial charge >= 0.3 is 5.51 Å². The van der Waals surface area contributed by atoms with E-state index < -0.39 is 52.8 Å². The molecular weight excluding hydrogens is 1010 g/mol. The van der Waals surface area contributed by atoms with Crippen molar-refractivity contribution in [2.75, 3.05) is 108 Å². The van der Waals surface area contributed by atoms with Gasteiger partial charge in [-0.05, 0) is 116 Å². The van der Waals surface area contributed by atoms with Crippen LogP contribution in [0.5, 0.6) is 0 Å². The number of morpholine rings is 1. The van der Waals surface area contributed by atoms with Gasteiger partial charge in [0.1, 0.15) is 4.90 Å². The summed E-state index contributed by atoms with van der Waals surface area (Å²) in [6, 6.07) is 26.1. The zero-order valence-corrected chi connectivity index (χ0v) is 44.0. The number of carbonyl (C=O) groups excluding carboxylic acids is 1. The molecule has 8 rings (SSSR count). The molecule has 3 saturated heterocycles. The number of thioether (sulfide) groups is 1. The molecule has 0 saturated carbocycles. The fourth-order valence-electron chi connectivity index (χ4n) is 10.2. The summed E-state index contributed by atoms with van der Waals surface area (Å²) in [7, 11) is -10.9. The molecule has 1 amide bonds. The van der Waals surface area contributed by atoms with Crippen LogP contribution in [0.3, 0.4) is 0 Å². The Morgan fingerprint density at radius 1 is 0.903 bits per heavy atom. The summed E-state index contributed by atoms with van der Waals surface area (Å²) in [6.07, 6.45) is 3.59. The minimum atomic E-state index is -6.07. The molecule has 3 fully saturated rings. The normalized spacial score (nSPS) is 21.6. The van der Waals surface area contributed by atoms with Crippen molar-refractivity contribution in [2.24, 2.45) is 5.41 Å². The van der Waals surface area contributed by atoms with E-state index in [0.29, 0.717) is 49.6 Å². The summed E-state index contributed by atoms with van der Waals surface area (Å²) < 4.78 is 104. The molecule has 1 unspecified atom stereocenters. The van der Waals surface area contributed by atoms with Crippen LogP contribution in [0.1, 0.15) is 55.5 Å². The second-order valence-electron chi connectivity index (χ2n) is 19.7. The highest BCUT2D eigenvalue weighted by atomic mass is 35.5. The largest absolute Gasteiger partial charge is 0.501 e. The number of anilines is 2. The number of nitrogens with zero attached hydrogens (tertiary/aromatic N) is 4. The maximum Gasteiger partial charge on any atom is 0.501 e. The quantitative estimate of drug-likeness (QED) is 0.0827. The molecule has 13 nitrogen and oxygen atoms in total. The molecule has 1 aliphatic carbocycles. The number of hydrogen-bond donors (Lipinski definition) is 3. The van der Waals surface area contributed by atoms with Crippen LogP contribution in [0, 0.1) is 5.41 Å². The predicted octanol–water partition coefficient (Wildman–Crippen LogP) is 8.11. The first kappa shape index (κ1) is 54.1. The summed E-state index contributed by atoms with van der Waals surface area (Å²) in [5, 5.41) is 7.20. The van der Waals surface area contributed by atoms with Crippen molar-refractivity contribution in [3.05, 3.63) is 119 Å². The Morgan fingerprint density at radius 3 is 2.29 bits per heavy atom. The summed E-state index contributed by atoms with van der Waals surface area (Å²) in [6.45, 7) is 15.9. The van der Waals surface area contributed by atoms with Gasteiger partial charge in [0.05, 0.1) is 23.8 Å². The Hall–Kier alpha value is -4.18. The van der Waals surface area contributed by atoms with E-state index in [-0.39, 0.29) is 17.0 Å². The fraction of sp³-hybridized carbons (Fsp3) is 0.481. The number of sulfone groups is 1. The number of benzene rings is 4. The molecule has 0 radical (unpaired) electrons. The smallest absolute Gasteiger partial charge is 0.380 e. The fourth-order valence-corrected chi connectivity index (χ4v) is 13.3. The Morgan fingerprint density at radius 2 is 1.61 bits per heavy atom. The van der Waals surface area contributed by atoms with Crippen LogP contribution in [0.2, 0.25) is 5.02 Å². The maximum absolute atomic E-state index is 14.3. The molecule has 0 spiro atoms. The first-order chi connectivity index (χ1) is 34.4. The van der Waals surface area contributed by atoms with E-state index in [2.05, 4.69) is 49.3 Å². The number of halogens is 4. The molecule has 3 aliphatic heterocycles. The van der Waals surface area contributed by atoms with Crippen LogP contribution in [0.15, 0.2) is 117 Å². The molecule has 4 aromatic rings. The molecule has 4 aliphatic rings. The van der Waals surface area contributed by atoms with Crippen LogP contribution in [0.25, 0.3) is 5.57 Å². The number of carbonyl (C=O) groups is 1. The summed E-state index contributed by atoms with van der Waals surface area (Å²) in [4.78, 5) is 21.8. The third kappa shape index (κ3) is 13.7. The van der Waals surface area contributed by atoms with E-state index in [9.17, 15) is 34.8 Å². The van der Waals surface area contributed by atoms with Gasteiger partial charge in [0.25, 0.3) is 25.8 Å². The molecule has 72 heavy (non-hydrogen) atoms. The Kier molecular flexibility index (Phi) is 17.7. The molecule has 4 aromatic carbocycles. The summed E-state index contributed by atoms with van der Waals surface area (Å²) in [5.41, 5.74) is -1.03. The number of rotatable bonds is 18. The number of alkyl halides is 3. The van der Waals surface area contributed by atoms with Gasteiger partial charge in [-0.2, -0.15) is 13.2 Å². The minimum Gasteiger partial charge on any atom is -0.380 e. The lowest BCUT2D eigenvalue weighted by Gasteiger charge is -2.43. The van der Waals surface area contributed by atoms with Gasteiger partial charge in [-0.25, -0.2) is 21.6 Å². The Labute approximate surface area is 431 Å². The van der Waals surface area contributed by atoms with Crippen LogP contribution >= 0.6 is 23.4 Å². The SMILES string of the molecule is C[C@H]1COCCN1CC[C@H](CSc1ccccc1)Nc1ccc(S(=O)(=O)NC(=O)c2ccc(N3CCN(CC4=C(c5ccc(Cl)cc5)CCC(C)(CN5CCNCC5)C4)CC3)cc2)cc1S(=O)(=O)C(F)(F)F. The van der Waals surface area contributed by atoms with Crippen LogP contribution in [0.4, 0.5) is 24.5 Å². The highest BCUT2D eigenvalue weighted by Crippen LogP contribution is 2.44. The first-order valence-electron chi connectivity index (χ1n) is 24.6. The van der Waals surface area contributed by atoms with Gasteiger partial charge in [0.2, 0.25) is 0 Å². The van der Waals surface area contributed by atoms with Crippen molar-refractivity contribution in [1.82, 2.24) is 24.7 Å². The van der Waals surface area contributed by atoms with E-state index in [4.69, 9.17) is 16.3 Å². The lowest BCUT2D eigenvalue weighted by molar-refractivity contribution is -0.0435. The molecule has 0 bridgehead atoms. The number of amides is 1. The zero-order chi connectivity index (χ0) is 51.1. The highest BCUT2D eigenvalue weighted by Gasteiger charge is 2.48. The summed E-state index contributed by atoms with van der Waals surface area (Å²) in [5.74, 6) is -0.660. The first-order valence-corrected chi connectivity index (χ1v) is 28.9. The van der Waals surface area contributed by atoms with E-state index in [1.165, 1.54) is 40.6 Å². The van der Waals surface area contributed by atoms with E-state index in [1.54, 1.807) is 12.1 Å². The number of piperazine rings is 2. The van der Waals surface area contributed by atoms with Gasteiger partial charge < -0.3 is 25.2 Å². The second kappa shape index (κ2) is 23.6. The number of hydrogen-bond acceptors (Lipinski definition) is 13. The van der Waals surface area contributed by atoms with Crippen molar-refractivity contribution >= 4 is 66.1 Å². The van der Waals surface area contributed by atoms with Gasteiger partial charge in [0, 0.05) is 118 Å². The van der Waals surface area contributed by atoms with Gasteiger partial charge in [-0.15, -0.1) is 11.8 Å². The lowest BCUT2D eigenvalue weighted by Crippen LogP contribution is -2.49. The third-order valence-corrected chi connectivity index (χ3v) is 18.5. The van der Waals surface area contributed by atoms with E-state index in [0.717, 1.165) is 107 Å². The van der Waals surface area contributed by atoms with E-state index in [1.807, 2.05) is 54.1 Å². The predicted molar refractivity (Wildman–Crippen MR) is 280 cm³/mol. The number of allylic oxidation sites excluding steroid dienone is 1. The maximum atomic E-state index is 14.3. The average molecular weight is 1070 g/mol. The number of sulfonamides is 1. The lowest BCUT2D eigenvalue weighted by atomic mass is 9.71. The topological polar surface area (TPSA) is 144 Å². The molecule has 3 N–H and O–H groups in total. The van der Waals surface area contributed by atoms with Crippen molar-refractivity contribution in [3.8, 4) is 0 Å². The Bertz CT molecular complexity index is 2740. The standard InChI is InChI=1S/C52H65ClF3N7O6S3/c1-38-35-69-31-30-62(38)23-19-43(36-70-45-6-4-3-5-7-45)58-48-17-16-46(32-49(48)71(65,66)52(54,55)56)72(67,68)59-50(64)40-10-14-44(15-11-40)63-28-26-60(27-29-63)34-41-33-51(2,37-61-24-21-57-22-25-61)20-18-47(41)39-8-12-42(53)13-9-39/h3-17,32,38,43,57-58H,18-31,33-37H2,1-2H3,(H,59,64)/t38-,43+,51?/m0/s1. The van der Waals surface area contributed by atoms with E-state index >= 15 is 0 Å². The van der Waals surface area contributed by atoms with Crippen LogP contribution in [-0.2, 0) is 24.6 Å². The molecule has 3 heterocycles. The van der Waals surface area contributed by atoms with Crippen molar-refractivity contribution < 1.29 is 39.5 Å². The highest BCUT2D eigenvalue weighted by molar-refractivity contribution is 7.99. The van der Waals surface area contributed by atoms with Crippen LogP contribution < -0.4 is 20.3 Å². The molecule has 390 valence electrons. The number of nitrogens with one attached hydrogen (secondary N) is 3. The monoisotopic (exact) mass is 1070 g/mol. The third-order valence-electron chi connectivity index (χ3n) is 14.2. The second-order valence-corrected chi connectivity index (χ2v) is 24.8. The number of ether oxygens (including phenoxy) is 1. The zero-order valence-electron chi connectivity index (χ0n) is 40.8. The molecule has 20 heteroatoms. The average Bonchev–Trinajstić information content (AvgIpc) is 3.36. The molecular formula is C52H65ClF3N7O6S3. The van der Waals surface area contributed by atoms with Crippen LogP contribution in [-0.4, -0.2) is 153 Å². The molecule has 0 aromatic heterocycles. The van der Waals surface area contributed by atoms with Crippen molar-refractivity contribution in [3.63, 3.8) is 0 Å².